The predicted octanol–water partition coefficient (Wildman–Crippen LogP) is 4.28. The molecule has 58 heavy (non-hydrogen) atoms. The number of piperidine rings is 2. The van der Waals surface area contributed by atoms with Gasteiger partial charge in [-0.1, -0.05) is 11.6 Å². The standard InChI is InChI=1S/C41H44ClFN8O7/c1-41(22-44)14-10-26(18-34(41)42)57-24-4-2-23(3-5-24)45-37(53)31-6-8-35(48-47-31)49-15-11-25(12-16-49)58-27-13-17-50(21-27)33-20-29-28(19-30(33)43)39(55)51(40(29)56)32-7-9-36(52)46-38(32)54/h6,8,10,18-20,23-25,27,32H,2-5,7,9,11-17,21H2,1H3,(H,45,53)(H,46,52,54)/t23?,24?,27-,32?,41?/m0/s1. The quantitative estimate of drug-likeness (QED) is 0.343. The van der Waals surface area contributed by atoms with Crippen LogP contribution in [0.3, 0.4) is 0 Å². The molecule has 6 aliphatic rings. The molecular formula is C41H44ClFN8O7. The van der Waals surface area contributed by atoms with E-state index in [4.69, 9.17) is 21.1 Å². The van der Waals surface area contributed by atoms with Gasteiger partial charge >= 0.3 is 0 Å². The van der Waals surface area contributed by atoms with Crippen LogP contribution in [0.4, 0.5) is 15.9 Å². The van der Waals surface area contributed by atoms with Crippen molar-refractivity contribution in [1.29, 1.82) is 5.26 Å². The maximum Gasteiger partial charge on any atom is 0.272 e. The summed E-state index contributed by atoms with van der Waals surface area (Å²) >= 11 is 6.34. The van der Waals surface area contributed by atoms with E-state index in [-0.39, 0.29) is 65.6 Å². The molecule has 1 aromatic carbocycles. The van der Waals surface area contributed by atoms with E-state index < -0.39 is 40.9 Å². The summed E-state index contributed by atoms with van der Waals surface area (Å²) in [4.78, 5) is 68.2. The fraction of sp³-hybridized carbons (Fsp3) is 0.512. The molecule has 0 spiro atoms. The summed E-state index contributed by atoms with van der Waals surface area (Å²) in [7, 11) is 0. The molecule has 8 rings (SSSR count). The molecule has 304 valence electrons. The highest BCUT2D eigenvalue weighted by Crippen LogP contribution is 2.39. The molecule has 1 aromatic heterocycles. The average molecular weight is 815 g/mol. The van der Waals surface area contributed by atoms with Crippen LogP contribution in [0.25, 0.3) is 0 Å². The Morgan fingerprint density at radius 1 is 0.948 bits per heavy atom. The second-order valence-corrected chi connectivity index (χ2v) is 16.5. The third-order valence-corrected chi connectivity index (χ3v) is 12.6. The molecule has 4 fully saturated rings. The number of allylic oxidation sites excluding steroid dienone is 3. The highest BCUT2D eigenvalue weighted by atomic mass is 35.5. The monoisotopic (exact) mass is 814 g/mol. The summed E-state index contributed by atoms with van der Waals surface area (Å²) in [5, 5.41) is 23.7. The number of anilines is 2. The van der Waals surface area contributed by atoms with Crippen molar-refractivity contribution in [3.8, 4) is 6.07 Å². The minimum Gasteiger partial charge on any atom is -0.491 e. The Balaban J connectivity index is 0.774. The Labute approximate surface area is 339 Å². The fourth-order valence-electron chi connectivity index (χ4n) is 8.59. The van der Waals surface area contributed by atoms with Gasteiger partial charge in [0.15, 0.2) is 11.5 Å². The number of ether oxygens (including phenoxy) is 2. The van der Waals surface area contributed by atoms with Gasteiger partial charge in [-0.25, -0.2) is 4.39 Å². The van der Waals surface area contributed by atoms with E-state index in [2.05, 4.69) is 31.8 Å². The van der Waals surface area contributed by atoms with Crippen molar-refractivity contribution in [2.75, 3.05) is 36.0 Å². The first-order valence-corrected chi connectivity index (χ1v) is 20.3. The summed E-state index contributed by atoms with van der Waals surface area (Å²) in [6.07, 6.45) is 9.23. The number of hydrogen-bond donors (Lipinski definition) is 2. The minimum atomic E-state index is -1.12. The normalized spacial score (nSPS) is 27.8. The molecule has 17 heteroatoms. The number of nitriles is 1. The van der Waals surface area contributed by atoms with Gasteiger partial charge in [0.25, 0.3) is 17.7 Å². The van der Waals surface area contributed by atoms with E-state index in [9.17, 15) is 29.2 Å². The van der Waals surface area contributed by atoms with Gasteiger partial charge in [0, 0.05) is 43.7 Å². The van der Waals surface area contributed by atoms with Crippen molar-refractivity contribution in [2.45, 2.75) is 102 Å². The average Bonchev–Trinajstić information content (AvgIpc) is 3.77. The van der Waals surface area contributed by atoms with Gasteiger partial charge in [-0.15, -0.1) is 10.2 Å². The van der Waals surface area contributed by atoms with Crippen LogP contribution < -0.4 is 20.4 Å². The van der Waals surface area contributed by atoms with Gasteiger partial charge < -0.3 is 24.6 Å². The fourth-order valence-corrected chi connectivity index (χ4v) is 8.82. The summed E-state index contributed by atoms with van der Waals surface area (Å²) in [5.74, 6) is -2.15. The maximum absolute atomic E-state index is 15.4. The lowest BCUT2D eigenvalue weighted by Gasteiger charge is -2.33. The molecule has 5 heterocycles. The lowest BCUT2D eigenvalue weighted by Crippen LogP contribution is -2.54. The number of amides is 5. The number of nitrogens with zero attached hydrogens (tertiary/aromatic N) is 6. The maximum atomic E-state index is 15.4. The van der Waals surface area contributed by atoms with E-state index in [0.717, 1.165) is 49.5 Å². The Bertz CT molecular complexity index is 2130. The number of rotatable bonds is 9. The molecule has 3 atom stereocenters. The third kappa shape index (κ3) is 7.89. The summed E-state index contributed by atoms with van der Waals surface area (Å²) in [5.41, 5.74) is -0.327. The lowest BCUT2D eigenvalue weighted by atomic mass is 9.84. The smallest absolute Gasteiger partial charge is 0.272 e. The van der Waals surface area contributed by atoms with Crippen molar-refractivity contribution in [3.63, 3.8) is 0 Å². The second kappa shape index (κ2) is 16.1. The van der Waals surface area contributed by atoms with Crippen molar-refractivity contribution in [2.24, 2.45) is 5.41 Å². The van der Waals surface area contributed by atoms with Crippen LogP contribution in [0.15, 0.2) is 47.2 Å². The number of imide groups is 2. The SMILES string of the molecule is CC1(C#N)CC=C(OC2CCC(NC(=O)c3ccc(N4CCC(O[C@H]5CCN(c6cc7c(cc6F)C(=O)N(C6CCC(=O)NC6=O)C7=O)C5)CC4)nn3)CC2)C=C1Cl. The Hall–Kier alpha value is -5.40. The number of benzene rings is 1. The number of aromatic nitrogens is 2. The molecule has 15 nitrogen and oxygen atoms in total. The van der Waals surface area contributed by atoms with Gasteiger partial charge in [0.1, 0.15) is 17.6 Å². The summed E-state index contributed by atoms with van der Waals surface area (Å²) in [6, 6.07) is 7.08. The summed E-state index contributed by atoms with van der Waals surface area (Å²) in [6.45, 7) is 4.09. The number of carbonyl (C=O) groups is 5. The van der Waals surface area contributed by atoms with E-state index in [1.165, 1.54) is 6.07 Å². The zero-order valence-corrected chi connectivity index (χ0v) is 32.8. The van der Waals surface area contributed by atoms with Crippen LogP contribution in [0.5, 0.6) is 0 Å². The Morgan fingerprint density at radius 2 is 1.66 bits per heavy atom. The van der Waals surface area contributed by atoms with Crippen LogP contribution in [0, 0.1) is 22.6 Å². The first kappa shape index (κ1) is 39.4. The molecule has 3 saturated heterocycles. The van der Waals surface area contributed by atoms with Crippen molar-refractivity contribution in [3.05, 3.63) is 69.8 Å². The highest BCUT2D eigenvalue weighted by molar-refractivity contribution is 6.30. The second-order valence-electron chi connectivity index (χ2n) is 16.1. The molecule has 2 aromatic rings. The van der Waals surface area contributed by atoms with Crippen molar-refractivity contribution >= 4 is 52.6 Å². The zero-order valence-electron chi connectivity index (χ0n) is 32.0. The topological polar surface area (TPSA) is 187 Å². The van der Waals surface area contributed by atoms with Crippen LogP contribution in [-0.2, 0) is 19.1 Å². The number of halogens is 2. The number of nitrogens with one attached hydrogen (secondary N) is 2. The minimum absolute atomic E-state index is 0.000963. The molecule has 1 saturated carbocycles. The van der Waals surface area contributed by atoms with Gasteiger partial charge in [0.05, 0.1) is 46.6 Å². The molecule has 2 N–H and O–H groups in total. The first-order chi connectivity index (χ1) is 27.9. The molecule has 4 aliphatic heterocycles. The Morgan fingerprint density at radius 3 is 2.33 bits per heavy atom. The van der Waals surface area contributed by atoms with Gasteiger partial charge in [-0.2, -0.15) is 5.26 Å². The van der Waals surface area contributed by atoms with Crippen molar-refractivity contribution < 1.29 is 37.8 Å². The summed E-state index contributed by atoms with van der Waals surface area (Å²) < 4.78 is 28.0. The number of hydrogen-bond acceptors (Lipinski definition) is 12. The molecule has 5 amide bonds. The van der Waals surface area contributed by atoms with Crippen molar-refractivity contribution in [1.82, 2.24) is 25.7 Å². The van der Waals surface area contributed by atoms with Crippen LogP contribution in [0.2, 0.25) is 0 Å². The van der Waals surface area contributed by atoms with Crippen LogP contribution in [-0.4, -0.2) is 101 Å². The first-order valence-electron chi connectivity index (χ1n) is 19.9. The largest absolute Gasteiger partial charge is 0.491 e. The molecule has 0 radical (unpaired) electrons. The zero-order chi connectivity index (χ0) is 40.7. The number of fused-ring (bicyclic) bond motifs is 1. The van der Waals surface area contributed by atoms with Gasteiger partial charge in [-0.05, 0) is 101 Å². The molecule has 2 unspecified atom stereocenters. The van der Waals surface area contributed by atoms with E-state index >= 15 is 4.39 Å². The van der Waals surface area contributed by atoms with Crippen LogP contribution in [0.1, 0.15) is 102 Å². The van der Waals surface area contributed by atoms with E-state index in [1.807, 2.05) is 24.0 Å². The lowest BCUT2D eigenvalue weighted by molar-refractivity contribution is -0.136. The van der Waals surface area contributed by atoms with Gasteiger partial charge in [0.2, 0.25) is 11.8 Å². The highest BCUT2D eigenvalue weighted by Gasteiger charge is 2.45. The molecule has 0 bridgehead atoms. The third-order valence-electron chi connectivity index (χ3n) is 12.1. The Kier molecular flexibility index (Phi) is 10.9. The predicted molar refractivity (Wildman–Crippen MR) is 207 cm³/mol. The van der Waals surface area contributed by atoms with E-state index in [0.29, 0.717) is 55.6 Å². The van der Waals surface area contributed by atoms with Crippen LogP contribution >= 0.6 is 11.6 Å². The van der Waals surface area contributed by atoms with Gasteiger partial charge in [-0.3, -0.25) is 34.2 Å². The molecule has 2 aliphatic carbocycles. The molecular weight excluding hydrogens is 771 g/mol. The number of carbonyl (C=O) groups excluding carboxylic acids is 5. The van der Waals surface area contributed by atoms with E-state index in [1.54, 1.807) is 12.1 Å².